The molecule has 0 fully saturated rings. The maximum Gasteiger partial charge on any atom is 0.327 e. The summed E-state index contributed by atoms with van der Waals surface area (Å²) in [6.45, 7) is 1.58. The number of fused-ring (bicyclic) bond motifs is 1. The Labute approximate surface area is 118 Å². The average molecular weight is 276 g/mol. The molecule has 0 saturated heterocycles. The van der Waals surface area contributed by atoms with E-state index in [0.717, 1.165) is 19.3 Å². The van der Waals surface area contributed by atoms with E-state index in [-0.39, 0.29) is 18.5 Å². The highest BCUT2D eigenvalue weighted by Crippen LogP contribution is 2.20. The maximum atomic E-state index is 11.1. The molecule has 108 valence electrons. The summed E-state index contributed by atoms with van der Waals surface area (Å²) in [5, 5.41) is 14.7. The van der Waals surface area contributed by atoms with Gasteiger partial charge in [-0.3, -0.25) is 4.79 Å². The van der Waals surface area contributed by atoms with Crippen LogP contribution in [0.15, 0.2) is 24.3 Å². The zero-order valence-electron chi connectivity index (χ0n) is 11.6. The van der Waals surface area contributed by atoms with Gasteiger partial charge in [0, 0.05) is 19.5 Å². The summed E-state index contributed by atoms with van der Waals surface area (Å²) in [4.78, 5) is 22.0. The number of aliphatic carboxylic acids is 1. The van der Waals surface area contributed by atoms with E-state index in [1.165, 1.54) is 18.1 Å². The third-order valence-corrected chi connectivity index (χ3v) is 3.63. The van der Waals surface area contributed by atoms with Crippen molar-refractivity contribution in [3.63, 3.8) is 0 Å². The van der Waals surface area contributed by atoms with Gasteiger partial charge < -0.3 is 15.7 Å². The highest BCUT2D eigenvalue weighted by atomic mass is 16.4. The first kappa shape index (κ1) is 14.5. The number of benzene rings is 1. The number of hydrogen-bond acceptors (Lipinski definition) is 3. The van der Waals surface area contributed by atoms with Gasteiger partial charge >= 0.3 is 5.97 Å². The van der Waals surface area contributed by atoms with Crippen LogP contribution < -0.4 is 10.6 Å². The second kappa shape index (κ2) is 6.52. The third-order valence-electron chi connectivity index (χ3n) is 3.63. The van der Waals surface area contributed by atoms with Crippen LogP contribution >= 0.6 is 0 Å². The smallest absolute Gasteiger partial charge is 0.327 e. The number of amides is 1. The molecule has 0 aromatic heterocycles. The average Bonchev–Trinajstić information content (AvgIpc) is 2.42. The Hall–Kier alpha value is -1.88. The van der Waals surface area contributed by atoms with E-state index in [2.05, 4.69) is 22.8 Å². The number of hydrogen-bond donors (Lipinski definition) is 3. The molecule has 1 aromatic carbocycles. The molecule has 20 heavy (non-hydrogen) atoms. The van der Waals surface area contributed by atoms with Gasteiger partial charge in [0.2, 0.25) is 5.91 Å². The van der Waals surface area contributed by atoms with Gasteiger partial charge in [-0.2, -0.15) is 0 Å². The number of carboxylic acid groups (broad SMARTS) is 1. The highest BCUT2D eigenvalue weighted by Gasteiger charge is 2.22. The van der Waals surface area contributed by atoms with Gasteiger partial charge in [0.05, 0.1) is 0 Å². The van der Waals surface area contributed by atoms with Gasteiger partial charge in [0.1, 0.15) is 6.04 Å². The van der Waals surface area contributed by atoms with Crippen molar-refractivity contribution in [2.24, 2.45) is 0 Å². The monoisotopic (exact) mass is 276 g/mol. The quantitative estimate of drug-likeness (QED) is 0.740. The molecule has 0 radical (unpaired) electrons. The van der Waals surface area contributed by atoms with Crippen LogP contribution in [-0.4, -0.2) is 35.6 Å². The Kier molecular flexibility index (Phi) is 4.74. The molecule has 2 rings (SSSR count). The lowest BCUT2D eigenvalue weighted by molar-refractivity contribution is -0.141. The standard InChI is InChI=1S/C15H20N2O3/c1-10(18)17-14(15(19)20)9-16-13-7-6-11-4-2-3-5-12(11)8-13/h2-5,13-14,16H,6-9H2,1H3,(H,17,18)(H,19,20). The molecular formula is C15H20N2O3. The van der Waals surface area contributed by atoms with Gasteiger partial charge in [0.25, 0.3) is 0 Å². The first-order chi connectivity index (χ1) is 9.56. The largest absolute Gasteiger partial charge is 0.480 e. The number of carbonyl (C=O) groups is 2. The van der Waals surface area contributed by atoms with E-state index >= 15 is 0 Å². The first-order valence-corrected chi connectivity index (χ1v) is 6.86. The predicted molar refractivity (Wildman–Crippen MR) is 75.5 cm³/mol. The van der Waals surface area contributed by atoms with Crippen molar-refractivity contribution in [1.29, 1.82) is 0 Å². The van der Waals surface area contributed by atoms with E-state index in [0.29, 0.717) is 0 Å². The van der Waals surface area contributed by atoms with Crippen molar-refractivity contribution in [2.45, 2.75) is 38.3 Å². The van der Waals surface area contributed by atoms with Crippen molar-refractivity contribution in [3.8, 4) is 0 Å². The van der Waals surface area contributed by atoms with Gasteiger partial charge in [0.15, 0.2) is 0 Å². The van der Waals surface area contributed by atoms with E-state index in [9.17, 15) is 9.59 Å². The molecular weight excluding hydrogens is 256 g/mol. The Morgan fingerprint density at radius 2 is 2.05 bits per heavy atom. The van der Waals surface area contributed by atoms with Crippen LogP contribution in [-0.2, 0) is 22.4 Å². The number of aryl methyl sites for hydroxylation is 1. The number of carbonyl (C=O) groups excluding carboxylic acids is 1. The van der Waals surface area contributed by atoms with E-state index < -0.39 is 12.0 Å². The van der Waals surface area contributed by atoms with Crippen LogP contribution in [0.2, 0.25) is 0 Å². The fraction of sp³-hybridized carbons (Fsp3) is 0.467. The Balaban J connectivity index is 1.88. The van der Waals surface area contributed by atoms with Crippen molar-refractivity contribution in [1.82, 2.24) is 10.6 Å². The molecule has 1 amide bonds. The van der Waals surface area contributed by atoms with Crippen LogP contribution in [0.25, 0.3) is 0 Å². The van der Waals surface area contributed by atoms with Crippen molar-refractivity contribution in [3.05, 3.63) is 35.4 Å². The second-order valence-electron chi connectivity index (χ2n) is 5.21. The van der Waals surface area contributed by atoms with E-state index in [1.54, 1.807) is 0 Å². The Morgan fingerprint density at radius 3 is 2.70 bits per heavy atom. The maximum absolute atomic E-state index is 11.1. The zero-order valence-corrected chi connectivity index (χ0v) is 11.6. The summed E-state index contributed by atoms with van der Waals surface area (Å²) in [7, 11) is 0. The third kappa shape index (κ3) is 3.81. The molecule has 2 atom stereocenters. The molecule has 0 heterocycles. The van der Waals surface area contributed by atoms with Crippen LogP contribution in [0, 0.1) is 0 Å². The molecule has 5 heteroatoms. The zero-order chi connectivity index (χ0) is 14.5. The summed E-state index contributed by atoms with van der Waals surface area (Å²) in [5.74, 6) is -1.34. The minimum Gasteiger partial charge on any atom is -0.480 e. The molecule has 2 unspecified atom stereocenters. The SMILES string of the molecule is CC(=O)NC(CNC1CCc2ccccc2C1)C(=O)O. The van der Waals surface area contributed by atoms with Crippen LogP contribution in [0.5, 0.6) is 0 Å². The molecule has 1 aromatic rings. The van der Waals surface area contributed by atoms with Crippen molar-refractivity contribution >= 4 is 11.9 Å². The van der Waals surface area contributed by atoms with Crippen LogP contribution in [0.4, 0.5) is 0 Å². The minimum atomic E-state index is -1.01. The van der Waals surface area contributed by atoms with Crippen molar-refractivity contribution < 1.29 is 14.7 Å². The summed E-state index contributed by atoms with van der Waals surface area (Å²) in [6, 6.07) is 7.72. The minimum absolute atomic E-state index is 0.252. The summed E-state index contributed by atoms with van der Waals surface area (Å²) in [6.07, 6.45) is 2.90. The molecule has 3 N–H and O–H groups in total. The molecule has 0 spiro atoms. The van der Waals surface area contributed by atoms with Gasteiger partial charge in [-0.15, -0.1) is 0 Å². The molecule has 1 aliphatic carbocycles. The topological polar surface area (TPSA) is 78.4 Å². The fourth-order valence-electron chi connectivity index (χ4n) is 2.60. The Bertz CT molecular complexity index is 502. The molecule has 1 aliphatic rings. The molecule has 0 bridgehead atoms. The molecule has 0 saturated carbocycles. The van der Waals surface area contributed by atoms with E-state index in [4.69, 9.17) is 5.11 Å². The van der Waals surface area contributed by atoms with Crippen molar-refractivity contribution in [2.75, 3.05) is 6.54 Å². The second-order valence-corrected chi connectivity index (χ2v) is 5.21. The lowest BCUT2D eigenvalue weighted by Crippen LogP contribution is -2.49. The fourth-order valence-corrected chi connectivity index (χ4v) is 2.60. The van der Waals surface area contributed by atoms with Gasteiger partial charge in [-0.05, 0) is 30.4 Å². The number of nitrogens with one attached hydrogen (secondary N) is 2. The highest BCUT2D eigenvalue weighted by molar-refractivity contribution is 5.82. The Morgan fingerprint density at radius 1 is 1.35 bits per heavy atom. The summed E-state index contributed by atoms with van der Waals surface area (Å²) in [5.41, 5.74) is 2.70. The van der Waals surface area contributed by atoms with Crippen LogP contribution in [0.3, 0.4) is 0 Å². The molecule has 5 nitrogen and oxygen atoms in total. The normalized spacial score (nSPS) is 18.9. The first-order valence-electron chi connectivity index (χ1n) is 6.86. The van der Waals surface area contributed by atoms with Crippen LogP contribution in [0.1, 0.15) is 24.5 Å². The number of rotatable bonds is 5. The summed E-state index contributed by atoms with van der Waals surface area (Å²) < 4.78 is 0. The lowest BCUT2D eigenvalue weighted by Gasteiger charge is -2.26. The predicted octanol–water partition coefficient (Wildman–Crippen LogP) is 0.723. The summed E-state index contributed by atoms with van der Waals surface area (Å²) >= 11 is 0. The van der Waals surface area contributed by atoms with E-state index in [1.807, 2.05) is 12.1 Å². The van der Waals surface area contributed by atoms with Gasteiger partial charge in [-0.25, -0.2) is 4.79 Å². The lowest BCUT2D eigenvalue weighted by atomic mass is 9.88. The molecule has 0 aliphatic heterocycles. The van der Waals surface area contributed by atoms with Gasteiger partial charge in [-0.1, -0.05) is 24.3 Å². The number of carboxylic acids is 1.